The fraction of sp³-hybridized carbons (Fsp3) is 0.773. The minimum Gasteiger partial charge on any atom is -0.462 e. The second kappa shape index (κ2) is 5.76. The van der Waals surface area contributed by atoms with E-state index in [4.69, 9.17) is 4.74 Å². The molecule has 0 heterocycles. The van der Waals surface area contributed by atoms with Crippen molar-refractivity contribution in [3.63, 3.8) is 0 Å². The van der Waals surface area contributed by atoms with E-state index in [-0.39, 0.29) is 41.6 Å². The zero-order valence-electron chi connectivity index (χ0n) is 17.0. The Morgan fingerprint density at radius 1 is 1.18 bits per heavy atom. The zero-order chi connectivity index (χ0) is 20.8. The number of carbonyl (C=O) groups excluding carboxylic acids is 3. The third kappa shape index (κ3) is 2.08. The van der Waals surface area contributed by atoms with Crippen LogP contribution in [-0.4, -0.2) is 46.1 Å². The summed E-state index contributed by atoms with van der Waals surface area (Å²) in [6, 6.07) is 0. The number of hydrogen-bond acceptors (Lipinski definition) is 6. The Balaban J connectivity index is 1.82. The van der Waals surface area contributed by atoms with Crippen LogP contribution < -0.4 is 0 Å². The maximum atomic E-state index is 13.3. The van der Waals surface area contributed by atoms with Crippen LogP contribution in [0.25, 0.3) is 0 Å². The molecule has 0 aromatic heterocycles. The molecule has 0 aliphatic heterocycles. The first-order valence-electron chi connectivity index (χ1n) is 10.2. The first kappa shape index (κ1) is 19.8. The Morgan fingerprint density at radius 3 is 2.43 bits per heavy atom. The number of rotatable bonds is 1. The number of ketones is 2. The van der Waals surface area contributed by atoms with Gasteiger partial charge in [-0.2, -0.15) is 0 Å². The highest BCUT2D eigenvalue weighted by molar-refractivity contribution is 6.12. The van der Waals surface area contributed by atoms with E-state index in [2.05, 4.69) is 13.5 Å². The van der Waals surface area contributed by atoms with Gasteiger partial charge in [0.1, 0.15) is 11.9 Å². The van der Waals surface area contributed by atoms with Gasteiger partial charge in [0.25, 0.3) is 0 Å². The van der Waals surface area contributed by atoms with E-state index in [1.54, 1.807) is 0 Å². The summed E-state index contributed by atoms with van der Waals surface area (Å²) in [6.45, 7) is 11.3. The molecule has 0 unspecified atom stereocenters. The smallest absolute Gasteiger partial charge is 0.302 e. The number of aliphatic hydroxyl groups is 2. The molecular weight excluding hydrogens is 360 g/mol. The summed E-state index contributed by atoms with van der Waals surface area (Å²) in [6.07, 6.45) is -0.743. The molecule has 0 radical (unpaired) electrons. The van der Waals surface area contributed by atoms with Crippen molar-refractivity contribution in [2.45, 2.75) is 71.7 Å². The normalized spacial score (nSPS) is 49.4. The maximum absolute atomic E-state index is 13.3. The Hall–Kier alpha value is -1.53. The molecular formula is C22H30O6. The third-order valence-electron chi connectivity index (χ3n) is 8.78. The van der Waals surface area contributed by atoms with Crippen molar-refractivity contribution in [3.8, 4) is 0 Å². The molecule has 154 valence electrons. The lowest BCUT2D eigenvalue weighted by Crippen LogP contribution is -2.69. The number of Topliss-reactive ketones (excluding diaryl/α,β-unsaturated/α-hetero) is 2. The van der Waals surface area contributed by atoms with E-state index in [1.165, 1.54) is 6.92 Å². The van der Waals surface area contributed by atoms with E-state index in [1.807, 2.05) is 13.8 Å². The summed E-state index contributed by atoms with van der Waals surface area (Å²) in [4.78, 5) is 37.7. The van der Waals surface area contributed by atoms with Crippen molar-refractivity contribution < 1.29 is 29.3 Å². The van der Waals surface area contributed by atoms with Gasteiger partial charge in [-0.25, -0.2) is 0 Å². The molecule has 0 saturated heterocycles. The molecule has 6 nitrogen and oxygen atoms in total. The Labute approximate surface area is 165 Å². The second-order valence-corrected chi connectivity index (χ2v) is 10.2. The van der Waals surface area contributed by atoms with Gasteiger partial charge < -0.3 is 14.9 Å². The summed E-state index contributed by atoms with van der Waals surface area (Å²) in [5.41, 5.74) is -2.05. The number of carbonyl (C=O) groups is 3. The molecule has 2 bridgehead atoms. The highest BCUT2D eigenvalue weighted by Crippen LogP contribution is 2.70. The SMILES string of the molecule is C=C1C(=O)[C@@]23[C@H](O)C[C@@H]4C(C)(C)[C@@H](OC(C)=O)CC[C@@]4(C)[C@@H]2CC(=O)[C@@H]1[C@H]3O. The van der Waals surface area contributed by atoms with Gasteiger partial charge in [0.15, 0.2) is 5.78 Å². The van der Waals surface area contributed by atoms with Crippen LogP contribution in [-0.2, 0) is 19.1 Å². The van der Waals surface area contributed by atoms with Crippen molar-refractivity contribution in [1.29, 1.82) is 0 Å². The molecule has 0 amide bonds. The average molecular weight is 390 g/mol. The lowest BCUT2D eigenvalue weighted by Gasteiger charge is -2.65. The van der Waals surface area contributed by atoms with E-state index >= 15 is 0 Å². The van der Waals surface area contributed by atoms with E-state index < -0.39 is 40.3 Å². The molecule has 2 N–H and O–H groups in total. The molecule has 1 spiro atoms. The van der Waals surface area contributed by atoms with Crippen LogP contribution in [0.15, 0.2) is 12.2 Å². The van der Waals surface area contributed by atoms with E-state index in [0.29, 0.717) is 19.3 Å². The van der Waals surface area contributed by atoms with Crippen molar-refractivity contribution in [2.75, 3.05) is 0 Å². The van der Waals surface area contributed by atoms with Crippen LogP contribution >= 0.6 is 0 Å². The van der Waals surface area contributed by atoms with Gasteiger partial charge in [-0.15, -0.1) is 0 Å². The summed E-state index contributed by atoms with van der Waals surface area (Å²) in [5.74, 6) is -2.21. The molecule has 4 fully saturated rings. The van der Waals surface area contributed by atoms with Gasteiger partial charge in [0.05, 0.1) is 23.5 Å². The zero-order valence-corrected chi connectivity index (χ0v) is 17.0. The van der Waals surface area contributed by atoms with Crippen LogP contribution in [0.5, 0.6) is 0 Å². The van der Waals surface area contributed by atoms with Crippen LogP contribution in [0.1, 0.15) is 53.4 Å². The molecule has 4 aliphatic carbocycles. The van der Waals surface area contributed by atoms with Crippen LogP contribution in [0.3, 0.4) is 0 Å². The van der Waals surface area contributed by atoms with E-state index in [9.17, 15) is 24.6 Å². The molecule has 4 rings (SSSR count). The lowest BCUT2D eigenvalue weighted by atomic mass is 9.39. The fourth-order valence-electron chi connectivity index (χ4n) is 7.49. The summed E-state index contributed by atoms with van der Waals surface area (Å²) in [5, 5.41) is 22.3. The monoisotopic (exact) mass is 390 g/mol. The molecule has 0 aromatic rings. The van der Waals surface area contributed by atoms with Gasteiger partial charge in [-0.3, -0.25) is 14.4 Å². The van der Waals surface area contributed by atoms with Crippen LogP contribution in [0.2, 0.25) is 0 Å². The molecule has 28 heavy (non-hydrogen) atoms. The fourth-order valence-corrected chi connectivity index (χ4v) is 7.49. The van der Waals surface area contributed by atoms with Gasteiger partial charge in [0.2, 0.25) is 0 Å². The number of ether oxygens (including phenoxy) is 1. The highest BCUT2D eigenvalue weighted by Gasteiger charge is 2.76. The van der Waals surface area contributed by atoms with Crippen molar-refractivity contribution in [3.05, 3.63) is 12.2 Å². The third-order valence-corrected chi connectivity index (χ3v) is 8.78. The Morgan fingerprint density at radius 2 is 1.82 bits per heavy atom. The van der Waals surface area contributed by atoms with Crippen LogP contribution in [0, 0.1) is 34.0 Å². The maximum Gasteiger partial charge on any atom is 0.302 e. The van der Waals surface area contributed by atoms with Crippen molar-refractivity contribution in [2.24, 2.45) is 34.0 Å². The number of aliphatic hydroxyl groups excluding tert-OH is 2. The number of fused-ring (bicyclic) bond motifs is 3. The second-order valence-electron chi connectivity index (χ2n) is 10.2. The topological polar surface area (TPSA) is 101 Å². The highest BCUT2D eigenvalue weighted by atomic mass is 16.5. The van der Waals surface area contributed by atoms with Gasteiger partial charge in [-0.05, 0) is 36.5 Å². The minimum atomic E-state index is -1.34. The predicted octanol–water partition coefficient (Wildman–Crippen LogP) is 1.82. The molecule has 0 aromatic carbocycles. The van der Waals surface area contributed by atoms with Crippen LogP contribution in [0.4, 0.5) is 0 Å². The number of esters is 1. The molecule has 6 heteroatoms. The standard InChI is InChI=1S/C22H30O6/c1-10-17-12(24)8-14-21(5)7-6-16(28-11(2)23)20(3,4)13(21)9-15(25)22(14,18(10)26)19(17)27/h13-17,19,25,27H,1,6-9H2,2-5H3/t13-,14+,15-,16+,17-,19-,21-,22+/m1/s1. The Kier molecular flexibility index (Phi) is 4.07. The van der Waals surface area contributed by atoms with Gasteiger partial charge in [-0.1, -0.05) is 27.4 Å². The predicted molar refractivity (Wildman–Crippen MR) is 100.0 cm³/mol. The Bertz CT molecular complexity index is 784. The van der Waals surface area contributed by atoms with Crippen molar-refractivity contribution >= 4 is 17.5 Å². The molecule has 8 atom stereocenters. The van der Waals surface area contributed by atoms with Crippen molar-refractivity contribution in [1.82, 2.24) is 0 Å². The number of hydrogen-bond donors (Lipinski definition) is 2. The summed E-state index contributed by atoms with van der Waals surface area (Å²) < 4.78 is 5.59. The van der Waals surface area contributed by atoms with E-state index in [0.717, 1.165) is 0 Å². The summed E-state index contributed by atoms with van der Waals surface area (Å²) in [7, 11) is 0. The first-order chi connectivity index (χ1) is 12.9. The molecule has 4 saturated carbocycles. The first-order valence-corrected chi connectivity index (χ1v) is 10.2. The van der Waals surface area contributed by atoms with Gasteiger partial charge in [0, 0.05) is 24.3 Å². The molecule has 4 aliphatic rings. The largest absolute Gasteiger partial charge is 0.462 e. The lowest BCUT2D eigenvalue weighted by molar-refractivity contribution is -0.238. The average Bonchev–Trinajstić information content (AvgIpc) is 2.72. The summed E-state index contributed by atoms with van der Waals surface area (Å²) >= 11 is 0. The minimum absolute atomic E-state index is 0.0538. The quantitative estimate of drug-likeness (QED) is 0.523. The van der Waals surface area contributed by atoms with Gasteiger partial charge >= 0.3 is 5.97 Å².